The molecule has 21 heavy (non-hydrogen) atoms. The van der Waals surface area contributed by atoms with Crippen molar-refractivity contribution in [2.45, 2.75) is 18.9 Å². The maximum Gasteiger partial charge on any atom is 0.0806 e. The lowest BCUT2D eigenvalue weighted by Gasteiger charge is -2.00. The van der Waals surface area contributed by atoms with E-state index in [-0.39, 0.29) is 12.7 Å². The molecule has 1 saturated heterocycles. The summed E-state index contributed by atoms with van der Waals surface area (Å²) in [6.45, 7) is 1.03. The van der Waals surface area contributed by atoms with Gasteiger partial charge in [0.05, 0.1) is 12.7 Å². The Morgan fingerprint density at radius 3 is 1.62 bits per heavy atom. The third-order valence-corrected chi connectivity index (χ3v) is 3.84. The Bertz CT molecular complexity index is 610. The topological polar surface area (TPSA) is 29.5 Å². The lowest BCUT2D eigenvalue weighted by molar-refractivity contribution is 0.0591. The van der Waals surface area contributed by atoms with Gasteiger partial charge in [-0.25, -0.2) is 0 Å². The number of hydrogen-bond donors (Lipinski definition) is 1. The summed E-state index contributed by atoms with van der Waals surface area (Å²) in [7, 11) is 0. The normalized spacial score (nSPS) is 17.7. The lowest BCUT2D eigenvalue weighted by Crippen LogP contribution is -2.09. The second kappa shape index (κ2) is 6.70. The zero-order valence-electron chi connectivity index (χ0n) is 12.0. The van der Waals surface area contributed by atoms with Crippen molar-refractivity contribution in [1.82, 2.24) is 0 Å². The van der Waals surface area contributed by atoms with Crippen molar-refractivity contribution in [3.63, 3.8) is 0 Å². The highest BCUT2D eigenvalue weighted by atomic mass is 16.5. The fourth-order valence-electron chi connectivity index (χ4n) is 2.67. The van der Waals surface area contributed by atoms with Crippen LogP contribution in [0.5, 0.6) is 0 Å². The molecule has 1 heterocycles. The first-order chi connectivity index (χ1) is 10.4. The van der Waals surface area contributed by atoms with Crippen LogP contribution >= 0.6 is 0 Å². The van der Waals surface area contributed by atoms with Gasteiger partial charge in [0.25, 0.3) is 0 Å². The molecule has 1 unspecified atom stereocenters. The fourth-order valence-corrected chi connectivity index (χ4v) is 2.67. The van der Waals surface area contributed by atoms with Crippen molar-refractivity contribution in [2.75, 3.05) is 13.2 Å². The standard InChI is InChI=1S/C14H10.C5H10O2/c1-2-6-12-10-14-8-4-3-7-13(14)9-11(12)5-1;6-4-5-2-1-3-7-5/h1-10H;5-6H,1-4H2. The Labute approximate surface area is 125 Å². The summed E-state index contributed by atoms with van der Waals surface area (Å²) in [6.07, 6.45) is 2.31. The molecule has 3 aromatic rings. The predicted molar refractivity (Wildman–Crippen MR) is 87.5 cm³/mol. The Hall–Kier alpha value is -1.90. The van der Waals surface area contributed by atoms with E-state index in [1.807, 2.05) is 0 Å². The molecular weight excluding hydrogens is 260 g/mol. The van der Waals surface area contributed by atoms with Crippen molar-refractivity contribution in [1.29, 1.82) is 0 Å². The quantitative estimate of drug-likeness (QED) is 0.678. The molecule has 2 heteroatoms. The zero-order valence-corrected chi connectivity index (χ0v) is 12.0. The molecule has 1 fully saturated rings. The van der Waals surface area contributed by atoms with Gasteiger partial charge in [-0.1, -0.05) is 48.5 Å². The van der Waals surface area contributed by atoms with E-state index in [4.69, 9.17) is 9.84 Å². The summed E-state index contributed by atoms with van der Waals surface area (Å²) < 4.78 is 5.05. The molecule has 108 valence electrons. The average Bonchev–Trinajstić information content (AvgIpc) is 3.07. The lowest BCUT2D eigenvalue weighted by atomic mass is 10.0. The second-order valence-electron chi connectivity index (χ2n) is 5.36. The Morgan fingerprint density at radius 1 is 0.857 bits per heavy atom. The van der Waals surface area contributed by atoms with Gasteiger partial charge in [-0.05, 0) is 46.5 Å². The Balaban J connectivity index is 0.000000160. The molecule has 1 aliphatic rings. The summed E-state index contributed by atoms with van der Waals surface area (Å²) in [4.78, 5) is 0. The Kier molecular flexibility index (Phi) is 4.49. The number of fused-ring (bicyclic) bond motifs is 2. The average molecular weight is 280 g/mol. The van der Waals surface area contributed by atoms with Crippen LogP contribution in [0.3, 0.4) is 0 Å². The smallest absolute Gasteiger partial charge is 0.0806 e. The van der Waals surface area contributed by atoms with Gasteiger partial charge in [0.15, 0.2) is 0 Å². The summed E-state index contributed by atoms with van der Waals surface area (Å²) in [5, 5.41) is 13.7. The van der Waals surface area contributed by atoms with Crippen molar-refractivity contribution >= 4 is 21.5 Å². The minimum atomic E-state index is 0.153. The number of rotatable bonds is 1. The molecule has 3 aromatic carbocycles. The van der Waals surface area contributed by atoms with E-state index in [0.717, 1.165) is 19.4 Å². The summed E-state index contributed by atoms with van der Waals surface area (Å²) in [5.41, 5.74) is 0. The fraction of sp³-hybridized carbons (Fsp3) is 0.263. The first kappa shape index (κ1) is 14.1. The van der Waals surface area contributed by atoms with Gasteiger partial charge in [0.1, 0.15) is 0 Å². The van der Waals surface area contributed by atoms with Gasteiger partial charge in [0, 0.05) is 6.61 Å². The number of aliphatic hydroxyl groups is 1. The number of aliphatic hydroxyl groups excluding tert-OH is 1. The van der Waals surface area contributed by atoms with E-state index in [2.05, 4.69) is 60.7 Å². The molecular formula is C19H20O2. The van der Waals surface area contributed by atoms with E-state index in [0.29, 0.717) is 0 Å². The molecule has 1 aliphatic heterocycles. The highest BCUT2D eigenvalue weighted by molar-refractivity contribution is 5.98. The van der Waals surface area contributed by atoms with E-state index in [1.54, 1.807) is 0 Å². The van der Waals surface area contributed by atoms with Gasteiger partial charge in [-0.3, -0.25) is 0 Å². The summed E-state index contributed by atoms with van der Waals surface area (Å²) >= 11 is 0. The molecule has 4 rings (SSSR count). The van der Waals surface area contributed by atoms with Crippen LogP contribution in [0.15, 0.2) is 60.7 Å². The number of ether oxygens (including phenoxy) is 1. The summed E-state index contributed by atoms with van der Waals surface area (Å²) in [5.74, 6) is 0. The van der Waals surface area contributed by atoms with Crippen LogP contribution in [0.4, 0.5) is 0 Å². The van der Waals surface area contributed by atoms with E-state index >= 15 is 0 Å². The second-order valence-corrected chi connectivity index (χ2v) is 5.36. The monoisotopic (exact) mass is 280 g/mol. The molecule has 0 amide bonds. The van der Waals surface area contributed by atoms with Crippen LogP contribution in [-0.4, -0.2) is 24.4 Å². The molecule has 1 N–H and O–H groups in total. The van der Waals surface area contributed by atoms with Crippen LogP contribution in [-0.2, 0) is 4.74 Å². The van der Waals surface area contributed by atoms with Gasteiger partial charge < -0.3 is 9.84 Å². The van der Waals surface area contributed by atoms with E-state index in [1.165, 1.54) is 21.5 Å². The van der Waals surface area contributed by atoms with Crippen LogP contribution < -0.4 is 0 Å². The van der Waals surface area contributed by atoms with Crippen LogP contribution in [0.1, 0.15) is 12.8 Å². The third-order valence-electron chi connectivity index (χ3n) is 3.84. The predicted octanol–water partition coefficient (Wildman–Crippen LogP) is 4.15. The van der Waals surface area contributed by atoms with Crippen molar-refractivity contribution in [3.05, 3.63) is 60.7 Å². The van der Waals surface area contributed by atoms with Crippen LogP contribution in [0.2, 0.25) is 0 Å². The summed E-state index contributed by atoms with van der Waals surface area (Å²) in [6, 6.07) is 21.4. The largest absolute Gasteiger partial charge is 0.394 e. The zero-order chi connectivity index (χ0) is 14.5. The number of hydrogen-bond acceptors (Lipinski definition) is 2. The Morgan fingerprint density at radius 2 is 1.33 bits per heavy atom. The molecule has 0 saturated carbocycles. The molecule has 0 aromatic heterocycles. The van der Waals surface area contributed by atoms with Crippen LogP contribution in [0.25, 0.3) is 21.5 Å². The first-order valence-electron chi connectivity index (χ1n) is 7.47. The molecule has 2 nitrogen and oxygen atoms in total. The highest BCUT2D eigenvalue weighted by Gasteiger charge is 2.12. The van der Waals surface area contributed by atoms with Crippen molar-refractivity contribution in [2.24, 2.45) is 0 Å². The van der Waals surface area contributed by atoms with E-state index < -0.39 is 0 Å². The maximum atomic E-state index is 8.44. The van der Waals surface area contributed by atoms with E-state index in [9.17, 15) is 0 Å². The minimum Gasteiger partial charge on any atom is -0.394 e. The van der Waals surface area contributed by atoms with Gasteiger partial charge in [0.2, 0.25) is 0 Å². The molecule has 1 atom stereocenters. The maximum absolute atomic E-state index is 8.44. The SMILES string of the molecule is OCC1CCCO1.c1ccc2cc3ccccc3cc2c1. The molecule has 0 aliphatic carbocycles. The first-order valence-corrected chi connectivity index (χ1v) is 7.47. The molecule has 0 radical (unpaired) electrons. The third kappa shape index (κ3) is 3.41. The van der Waals surface area contributed by atoms with Gasteiger partial charge in [-0.2, -0.15) is 0 Å². The molecule has 0 spiro atoms. The van der Waals surface area contributed by atoms with Crippen LogP contribution in [0, 0.1) is 0 Å². The molecule has 0 bridgehead atoms. The van der Waals surface area contributed by atoms with Crippen molar-refractivity contribution < 1.29 is 9.84 Å². The highest BCUT2D eigenvalue weighted by Crippen LogP contribution is 2.22. The number of benzene rings is 3. The van der Waals surface area contributed by atoms with Gasteiger partial charge >= 0.3 is 0 Å². The minimum absolute atomic E-state index is 0.153. The van der Waals surface area contributed by atoms with Crippen molar-refractivity contribution in [3.8, 4) is 0 Å². The van der Waals surface area contributed by atoms with Gasteiger partial charge in [-0.15, -0.1) is 0 Å².